The fourth-order valence-electron chi connectivity index (χ4n) is 15.2. The smallest absolute Gasteiger partial charge is 0.333 e. The molecule has 0 radical (unpaired) electrons. The van der Waals surface area contributed by atoms with E-state index in [0.717, 1.165) is 0 Å². The molecule has 0 fully saturated rings. The van der Waals surface area contributed by atoms with E-state index in [-0.39, 0.29) is 44.8 Å². The molecule has 7 aromatic rings. The number of rotatable bonds is 2. The zero-order chi connectivity index (χ0) is 49.9. The highest BCUT2D eigenvalue weighted by Gasteiger charge is 2.51. The summed E-state index contributed by atoms with van der Waals surface area (Å²) in [7, 11) is 0. The average Bonchev–Trinajstić information content (AvgIpc) is 3.54. The second-order valence-corrected chi connectivity index (χ2v) is 27.8. The highest BCUT2D eigenvalue weighted by Crippen LogP contribution is 2.58. The Bertz CT molecular complexity index is 3500. The molecule has 4 aliphatic carbocycles. The van der Waals surface area contributed by atoms with Crippen LogP contribution in [0.4, 0.5) is 28.4 Å². The Morgan fingerprint density at radius 2 is 0.915 bits per heavy atom. The summed E-state index contributed by atoms with van der Waals surface area (Å²) in [5.74, 6) is 0. The first-order valence-electron chi connectivity index (χ1n) is 27.3. The summed E-state index contributed by atoms with van der Waals surface area (Å²) in [6.45, 7) is 37.1. The minimum absolute atomic E-state index is 0.0476. The number of fused-ring (bicyclic) bond motifs is 12. The first kappa shape index (κ1) is 45.3. The summed E-state index contributed by atoms with van der Waals surface area (Å²) in [5, 5.41) is 2.62. The third-order valence-corrected chi connectivity index (χ3v) is 20.1. The van der Waals surface area contributed by atoms with Gasteiger partial charge < -0.3 is 9.71 Å². The fourth-order valence-corrected chi connectivity index (χ4v) is 15.2. The van der Waals surface area contributed by atoms with E-state index in [2.05, 4.69) is 223 Å². The Kier molecular flexibility index (Phi) is 9.03. The Hall–Kier alpha value is -5.54. The SMILES string of the molecule is Cc1cc2c(cc1N1c3cc4c(cc3B3c5c(cc6ccccc6c51)-c1cc5c(cc1N3c1ccc3c(c1)C(C)(C)CCC3(C)C)C(C)(C)CCC5(C)C)-c1ccccc1C4(C)C)C(C)(C)CCC2(C)C. The van der Waals surface area contributed by atoms with Crippen molar-refractivity contribution in [2.75, 3.05) is 9.71 Å². The van der Waals surface area contributed by atoms with Crippen LogP contribution in [0.25, 0.3) is 33.0 Å². The zero-order valence-electron chi connectivity index (χ0n) is 45.6. The van der Waals surface area contributed by atoms with Crippen molar-refractivity contribution in [3.63, 3.8) is 0 Å². The molecule has 0 amide bonds. The molecule has 0 N–H and O–H groups in total. The first-order chi connectivity index (χ1) is 33.3. The van der Waals surface area contributed by atoms with Gasteiger partial charge in [0.15, 0.2) is 0 Å². The molecule has 2 nitrogen and oxygen atoms in total. The highest BCUT2D eigenvalue weighted by atomic mass is 15.2. The van der Waals surface area contributed by atoms with E-state index < -0.39 is 0 Å². The standard InChI is InChI=1S/C68H75BN2/c1-40-32-51-54(66(10,11)30-28-63(51,4)5)38-57(40)70-59-37-50-45(44-22-18-19-23-48(44)68(50,14)15)36-56(59)69-60-47(33-41-20-16-17-21-43(41)61(60)70)46-35-53-55(67(12,13)31-29-65(53,8)9)39-58(46)71(69)42-24-25-49-52(34-42)64(6,7)27-26-62(49,2)3/h16-25,32-39H,26-31H2,1-15H3. The summed E-state index contributed by atoms with van der Waals surface area (Å²) in [4.78, 5) is 5.64. The van der Waals surface area contributed by atoms with Crippen LogP contribution in [0.5, 0.6) is 0 Å². The topological polar surface area (TPSA) is 6.48 Å². The van der Waals surface area contributed by atoms with Gasteiger partial charge in [0.1, 0.15) is 0 Å². The molecule has 3 heteroatoms. The van der Waals surface area contributed by atoms with E-state index in [1.807, 2.05) is 0 Å². The molecule has 0 bridgehead atoms. The van der Waals surface area contributed by atoms with Gasteiger partial charge in [0.25, 0.3) is 0 Å². The van der Waals surface area contributed by atoms with Gasteiger partial charge in [-0.15, -0.1) is 0 Å². The Labute approximate surface area is 426 Å². The van der Waals surface area contributed by atoms with Crippen molar-refractivity contribution < 1.29 is 0 Å². The van der Waals surface area contributed by atoms with E-state index in [4.69, 9.17) is 0 Å². The average molecular weight is 931 g/mol. The Balaban J connectivity index is 1.21. The van der Waals surface area contributed by atoms with Gasteiger partial charge in [0.05, 0.1) is 5.69 Å². The lowest BCUT2D eigenvalue weighted by Crippen LogP contribution is -2.62. The minimum atomic E-state index is -0.166. The Morgan fingerprint density at radius 1 is 0.394 bits per heavy atom. The molecule has 7 aromatic carbocycles. The maximum absolute atomic E-state index is 2.85. The van der Waals surface area contributed by atoms with E-state index in [0.29, 0.717) is 0 Å². The molecule has 0 spiro atoms. The predicted molar refractivity (Wildman–Crippen MR) is 306 cm³/mol. The van der Waals surface area contributed by atoms with Crippen molar-refractivity contribution in [3.05, 3.63) is 159 Å². The van der Waals surface area contributed by atoms with Gasteiger partial charge in [-0.25, -0.2) is 0 Å². The van der Waals surface area contributed by atoms with Gasteiger partial charge >= 0.3 is 6.85 Å². The number of hydrogen-bond donors (Lipinski definition) is 0. The highest BCUT2D eigenvalue weighted by molar-refractivity contribution is 6.94. The summed E-state index contributed by atoms with van der Waals surface area (Å²) in [6, 6.07) is 44.8. The van der Waals surface area contributed by atoms with Gasteiger partial charge in [-0.1, -0.05) is 164 Å². The van der Waals surface area contributed by atoms with E-state index in [9.17, 15) is 0 Å². The van der Waals surface area contributed by atoms with Gasteiger partial charge in [0.2, 0.25) is 0 Å². The van der Waals surface area contributed by atoms with E-state index in [1.165, 1.54) is 161 Å². The fraction of sp³-hybridized carbons (Fsp3) is 0.412. The van der Waals surface area contributed by atoms with Crippen molar-refractivity contribution in [1.29, 1.82) is 0 Å². The number of nitrogens with zero attached hydrogens (tertiary/aromatic N) is 2. The predicted octanol–water partition coefficient (Wildman–Crippen LogP) is 17.2. The molecule has 6 aliphatic rings. The molecule has 71 heavy (non-hydrogen) atoms. The van der Waals surface area contributed by atoms with Crippen LogP contribution in [0.2, 0.25) is 0 Å². The number of anilines is 5. The summed E-state index contributed by atoms with van der Waals surface area (Å²) >= 11 is 0. The van der Waals surface area contributed by atoms with Crippen LogP contribution in [0, 0.1) is 6.92 Å². The maximum Gasteiger partial charge on any atom is 0.333 e. The molecule has 0 saturated carbocycles. The largest absolute Gasteiger partial charge is 0.376 e. The third kappa shape index (κ3) is 6.14. The van der Waals surface area contributed by atoms with Gasteiger partial charge in [0, 0.05) is 39.1 Å². The van der Waals surface area contributed by atoms with Crippen LogP contribution >= 0.6 is 0 Å². The van der Waals surface area contributed by atoms with E-state index >= 15 is 0 Å². The summed E-state index contributed by atoms with van der Waals surface area (Å²) in [6.07, 6.45) is 7.11. The summed E-state index contributed by atoms with van der Waals surface area (Å²) < 4.78 is 0. The molecule has 360 valence electrons. The van der Waals surface area contributed by atoms with Crippen LogP contribution in [-0.4, -0.2) is 6.85 Å². The Morgan fingerprint density at radius 3 is 1.56 bits per heavy atom. The van der Waals surface area contributed by atoms with Crippen molar-refractivity contribution in [2.45, 2.75) is 180 Å². The van der Waals surface area contributed by atoms with Crippen LogP contribution < -0.4 is 20.6 Å². The number of hydrogen-bond acceptors (Lipinski definition) is 2. The van der Waals surface area contributed by atoms with Gasteiger partial charge in [-0.05, 0) is 203 Å². The number of benzene rings is 7. The van der Waals surface area contributed by atoms with Crippen molar-refractivity contribution in [2.24, 2.45) is 0 Å². The molecular formula is C68H75BN2. The van der Waals surface area contributed by atoms with E-state index in [1.54, 1.807) is 0 Å². The second kappa shape index (κ2) is 14.1. The van der Waals surface area contributed by atoms with Crippen LogP contribution in [-0.2, 0) is 37.9 Å². The molecule has 0 unspecified atom stereocenters. The lowest BCUT2D eigenvalue weighted by atomic mass is 9.42. The van der Waals surface area contributed by atoms with Crippen LogP contribution in [0.3, 0.4) is 0 Å². The summed E-state index contributed by atoms with van der Waals surface area (Å²) in [5.41, 5.74) is 28.4. The van der Waals surface area contributed by atoms with Crippen molar-refractivity contribution >= 4 is 57.0 Å². The number of aryl methyl sites for hydroxylation is 1. The third-order valence-electron chi connectivity index (χ3n) is 20.1. The molecule has 13 rings (SSSR count). The molecule has 2 aliphatic heterocycles. The molecular weight excluding hydrogens is 856 g/mol. The van der Waals surface area contributed by atoms with Crippen LogP contribution in [0.15, 0.2) is 109 Å². The second-order valence-electron chi connectivity index (χ2n) is 27.8. The molecule has 0 saturated heterocycles. The monoisotopic (exact) mass is 931 g/mol. The molecule has 2 heterocycles. The van der Waals surface area contributed by atoms with Crippen LogP contribution in [0.1, 0.15) is 186 Å². The van der Waals surface area contributed by atoms with Gasteiger partial charge in [-0.3, -0.25) is 0 Å². The quantitative estimate of drug-likeness (QED) is 0.159. The normalized spacial score (nSPS) is 21.3. The lowest BCUT2D eigenvalue weighted by molar-refractivity contribution is 0.332. The van der Waals surface area contributed by atoms with Crippen molar-refractivity contribution in [3.8, 4) is 22.3 Å². The van der Waals surface area contributed by atoms with Gasteiger partial charge in [-0.2, -0.15) is 0 Å². The zero-order valence-corrected chi connectivity index (χ0v) is 45.6. The minimum Gasteiger partial charge on any atom is -0.376 e. The molecule has 0 aromatic heterocycles. The lowest BCUT2D eigenvalue weighted by Gasteiger charge is -2.49. The molecule has 0 atom stereocenters. The van der Waals surface area contributed by atoms with Crippen molar-refractivity contribution in [1.82, 2.24) is 0 Å². The first-order valence-corrected chi connectivity index (χ1v) is 27.3. The maximum atomic E-state index is 2.85.